The molecule has 1 fully saturated rings. The van der Waals surface area contributed by atoms with Crippen molar-refractivity contribution in [2.75, 3.05) is 12.8 Å². The average Bonchev–Trinajstić information content (AvgIpc) is 2.18. The van der Waals surface area contributed by atoms with Gasteiger partial charge in [0.1, 0.15) is 0 Å². The Bertz CT molecular complexity index is 415. The highest BCUT2D eigenvalue weighted by atomic mass is 35.5. The van der Waals surface area contributed by atoms with Gasteiger partial charge in [0.2, 0.25) is 0 Å². The van der Waals surface area contributed by atoms with Crippen LogP contribution < -0.4 is 5.73 Å². The third-order valence-electron chi connectivity index (χ3n) is 3.23. The van der Waals surface area contributed by atoms with Crippen molar-refractivity contribution in [2.24, 2.45) is 0 Å². The van der Waals surface area contributed by atoms with Gasteiger partial charge in [0, 0.05) is 13.1 Å². The molecule has 0 unspecified atom stereocenters. The van der Waals surface area contributed by atoms with Gasteiger partial charge in [-0.3, -0.25) is 4.79 Å². The Hall–Kier alpha value is -1.22. The molecule has 2 N–H and O–H groups in total. The van der Waals surface area contributed by atoms with Crippen LogP contribution in [0.4, 0.5) is 5.69 Å². The first kappa shape index (κ1) is 11.3. The van der Waals surface area contributed by atoms with Crippen molar-refractivity contribution in [2.45, 2.75) is 25.3 Å². The van der Waals surface area contributed by atoms with Crippen molar-refractivity contribution in [1.82, 2.24) is 4.90 Å². The SMILES string of the molecule is CN(C(=O)c1cccc(Cl)c1N)C1CCC1. The van der Waals surface area contributed by atoms with E-state index in [-0.39, 0.29) is 5.91 Å². The summed E-state index contributed by atoms with van der Waals surface area (Å²) in [6, 6.07) is 5.53. The first-order chi connectivity index (χ1) is 7.61. The zero-order valence-corrected chi connectivity index (χ0v) is 10.00. The number of amides is 1. The smallest absolute Gasteiger partial charge is 0.255 e. The zero-order valence-electron chi connectivity index (χ0n) is 9.24. The Kier molecular flexibility index (Phi) is 3.06. The number of hydrogen-bond acceptors (Lipinski definition) is 2. The van der Waals surface area contributed by atoms with Crippen LogP contribution in [0.25, 0.3) is 0 Å². The van der Waals surface area contributed by atoms with Crippen LogP contribution in [0.1, 0.15) is 29.6 Å². The van der Waals surface area contributed by atoms with E-state index >= 15 is 0 Å². The molecule has 0 saturated heterocycles. The lowest BCUT2D eigenvalue weighted by Crippen LogP contribution is -2.41. The van der Waals surface area contributed by atoms with E-state index in [9.17, 15) is 4.79 Å². The molecule has 86 valence electrons. The molecule has 1 aromatic rings. The van der Waals surface area contributed by atoms with Gasteiger partial charge in [0.15, 0.2) is 0 Å². The molecule has 1 aromatic carbocycles. The molecule has 1 saturated carbocycles. The predicted molar refractivity (Wildman–Crippen MR) is 65.6 cm³/mol. The minimum absolute atomic E-state index is 0.0373. The van der Waals surface area contributed by atoms with E-state index in [1.54, 1.807) is 23.1 Å². The second kappa shape index (κ2) is 4.34. The maximum atomic E-state index is 12.1. The maximum absolute atomic E-state index is 12.1. The highest BCUT2D eigenvalue weighted by molar-refractivity contribution is 6.33. The Balaban J connectivity index is 2.22. The lowest BCUT2D eigenvalue weighted by molar-refractivity contribution is 0.0653. The van der Waals surface area contributed by atoms with Gasteiger partial charge in [0.05, 0.1) is 16.3 Å². The lowest BCUT2D eigenvalue weighted by atomic mass is 9.91. The quantitative estimate of drug-likeness (QED) is 0.805. The molecular weight excluding hydrogens is 224 g/mol. The van der Waals surface area contributed by atoms with E-state index in [0.717, 1.165) is 12.8 Å². The highest BCUT2D eigenvalue weighted by Crippen LogP contribution is 2.28. The molecule has 1 amide bonds. The number of halogens is 1. The number of carbonyl (C=O) groups excluding carboxylic acids is 1. The number of nitrogens with two attached hydrogens (primary N) is 1. The lowest BCUT2D eigenvalue weighted by Gasteiger charge is -2.35. The fourth-order valence-electron chi connectivity index (χ4n) is 1.85. The first-order valence-electron chi connectivity index (χ1n) is 5.42. The highest BCUT2D eigenvalue weighted by Gasteiger charge is 2.27. The number of para-hydroxylation sites is 1. The number of nitrogen functional groups attached to an aromatic ring is 1. The van der Waals surface area contributed by atoms with Gasteiger partial charge < -0.3 is 10.6 Å². The second-order valence-electron chi connectivity index (χ2n) is 4.20. The fraction of sp³-hybridized carbons (Fsp3) is 0.417. The molecule has 2 rings (SSSR count). The van der Waals surface area contributed by atoms with Crippen molar-refractivity contribution in [3.05, 3.63) is 28.8 Å². The molecule has 16 heavy (non-hydrogen) atoms. The summed E-state index contributed by atoms with van der Waals surface area (Å²) in [5.41, 5.74) is 6.68. The van der Waals surface area contributed by atoms with Gasteiger partial charge in [-0.2, -0.15) is 0 Å². The van der Waals surface area contributed by atoms with Crippen molar-refractivity contribution in [3.8, 4) is 0 Å². The van der Waals surface area contributed by atoms with E-state index in [1.165, 1.54) is 6.42 Å². The summed E-state index contributed by atoms with van der Waals surface area (Å²) in [4.78, 5) is 13.9. The van der Waals surface area contributed by atoms with E-state index in [1.807, 2.05) is 7.05 Å². The monoisotopic (exact) mass is 238 g/mol. The maximum Gasteiger partial charge on any atom is 0.255 e. The van der Waals surface area contributed by atoms with E-state index < -0.39 is 0 Å². The van der Waals surface area contributed by atoms with Gasteiger partial charge in [-0.05, 0) is 31.4 Å². The number of benzene rings is 1. The summed E-state index contributed by atoms with van der Waals surface area (Å²) in [6.07, 6.45) is 3.37. The van der Waals surface area contributed by atoms with Crippen LogP contribution in [0.2, 0.25) is 5.02 Å². The molecule has 4 heteroatoms. The minimum atomic E-state index is -0.0373. The van der Waals surface area contributed by atoms with Crippen molar-refractivity contribution >= 4 is 23.2 Å². The number of rotatable bonds is 2. The summed E-state index contributed by atoms with van der Waals surface area (Å²) in [5.74, 6) is -0.0373. The van der Waals surface area contributed by atoms with Crippen LogP contribution in [0, 0.1) is 0 Å². The van der Waals surface area contributed by atoms with Crippen molar-refractivity contribution in [3.63, 3.8) is 0 Å². The van der Waals surface area contributed by atoms with Crippen LogP contribution in [0.3, 0.4) is 0 Å². The van der Waals surface area contributed by atoms with Crippen molar-refractivity contribution < 1.29 is 4.79 Å². The fourth-order valence-corrected chi connectivity index (χ4v) is 2.03. The predicted octanol–water partition coefficient (Wildman–Crippen LogP) is 2.55. The second-order valence-corrected chi connectivity index (χ2v) is 4.61. The molecule has 1 aliphatic rings. The summed E-state index contributed by atoms with van der Waals surface area (Å²) in [5, 5.41) is 0.438. The number of hydrogen-bond donors (Lipinski definition) is 1. The van der Waals surface area contributed by atoms with Gasteiger partial charge in [-0.1, -0.05) is 17.7 Å². The van der Waals surface area contributed by atoms with E-state index in [4.69, 9.17) is 17.3 Å². The molecule has 1 aliphatic carbocycles. The summed E-state index contributed by atoms with van der Waals surface area (Å²) in [7, 11) is 1.83. The van der Waals surface area contributed by atoms with Gasteiger partial charge >= 0.3 is 0 Å². The third kappa shape index (κ3) is 1.87. The average molecular weight is 239 g/mol. The third-order valence-corrected chi connectivity index (χ3v) is 3.56. The Labute approximate surface area is 100 Å². The molecule has 0 atom stereocenters. The summed E-state index contributed by atoms with van der Waals surface area (Å²) in [6.45, 7) is 0. The van der Waals surface area contributed by atoms with Gasteiger partial charge in [0.25, 0.3) is 5.91 Å². The largest absolute Gasteiger partial charge is 0.397 e. The van der Waals surface area contributed by atoms with Crippen LogP contribution >= 0.6 is 11.6 Å². The topological polar surface area (TPSA) is 46.3 Å². The Morgan fingerprint density at radius 3 is 2.75 bits per heavy atom. The standard InChI is InChI=1S/C12H15ClN2O/c1-15(8-4-2-5-8)12(16)9-6-3-7-10(13)11(9)14/h3,6-8H,2,4-5,14H2,1H3. The molecule has 0 aromatic heterocycles. The van der Waals surface area contributed by atoms with Crippen LogP contribution in [0.5, 0.6) is 0 Å². The molecule has 3 nitrogen and oxygen atoms in total. The minimum Gasteiger partial charge on any atom is -0.397 e. The summed E-state index contributed by atoms with van der Waals surface area (Å²) < 4.78 is 0. The number of nitrogens with zero attached hydrogens (tertiary/aromatic N) is 1. The zero-order chi connectivity index (χ0) is 11.7. The molecule has 0 spiro atoms. The molecule has 0 aliphatic heterocycles. The van der Waals surface area contributed by atoms with Gasteiger partial charge in [-0.25, -0.2) is 0 Å². The molecule has 0 bridgehead atoms. The number of anilines is 1. The van der Waals surface area contributed by atoms with E-state index in [0.29, 0.717) is 22.3 Å². The van der Waals surface area contributed by atoms with Crippen LogP contribution in [0.15, 0.2) is 18.2 Å². The van der Waals surface area contributed by atoms with E-state index in [2.05, 4.69) is 0 Å². The molecular formula is C12H15ClN2O. The summed E-state index contributed by atoms with van der Waals surface area (Å²) >= 11 is 5.89. The van der Waals surface area contributed by atoms with Gasteiger partial charge in [-0.15, -0.1) is 0 Å². The molecule has 0 radical (unpaired) electrons. The Morgan fingerprint density at radius 2 is 2.19 bits per heavy atom. The Morgan fingerprint density at radius 1 is 1.50 bits per heavy atom. The van der Waals surface area contributed by atoms with Crippen LogP contribution in [-0.2, 0) is 0 Å². The number of carbonyl (C=O) groups is 1. The first-order valence-corrected chi connectivity index (χ1v) is 5.80. The van der Waals surface area contributed by atoms with Crippen molar-refractivity contribution in [1.29, 1.82) is 0 Å². The normalized spacial score (nSPS) is 15.6. The van der Waals surface area contributed by atoms with Crippen LogP contribution in [-0.4, -0.2) is 23.9 Å². The molecule has 0 heterocycles.